The number of nitrogens with zero attached hydrogens (tertiary/aromatic N) is 5. The molecule has 0 spiro atoms. The number of hydrogen-bond acceptors (Lipinski definition) is 7. The van der Waals surface area contributed by atoms with Gasteiger partial charge < -0.3 is 19.9 Å². The van der Waals surface area contributed by atoms with E-state index in [1.165, 1.54) is 0 Å². The van der Waals surface area contributed by atoms with Crippen LogP contribution in [-0.4, -0.2) is 60.3 Å². The number of morpholine rings is 1. The third-order valence-corrected chi connectivity index (χ3v) is 5.37. The lowest BCUT2D eigenvalue weighted by Crippen LogP contribution is -2.38. The molecule has 0 unspecified atom stereocenters. The molecular formula is C21H28N6O2. The largest absolute Gasteiger partial charge is 0.378 e. The van der Waals surface area contributed by atoms with E-state index in [1.807, 2.05) is 32.0 Å². The summed E-state index contributed by atoms with van der Waals surface area (Å²) in [6.07, 6.45) is 2.30. The molecular weight excluding hydrogens is 368 g/mol. The molecule has 2 aliphatic heterocycles. The van der Waals surface area contributed by atoms with E-state index in [0.29, 0.717) is 36.5 Å². The molecule has 0 radical (unpaired) electrons. The average Bonchev–Trinajstić information content (AvgIpc) is 3.27. The maximum absolute atomic E-state index is 12.7. The minimum Gasteiger partial charge on any atom is -0.378 e. The molecule has 2 aromatic rings. The summed E-state index contributed by atoms with van der Waals surface area (Å²) in [6.45, 7) is 9.02. The lowest BCUT2D eigenvalue weighted by molar-refractivity contribution is 0.0949. The molecule has 2 fully saturated rings. The zero-order valence-electron chi connectivity index (χ0n) is 17.1. The van der Waals surface area contributed by atoms with E-state index in [1.54, 1.807) is 0 Å². The number of aryl methyl sites for hydroxylation is 2. The van der Waals surface area contributed by atoms with Gasteiger partial charge in [0.25, 0.3) is 5.91 Å². The highest BCUT2D eigenvalue weighted by molar-refractivity contribution is 5.95. The summed E-state index contributed by atoms with van der Waals surface area (Å²) in [4.78, 5) is 31.0. The molecule has 1 aromatic heterocycles. The second-order valence-electron chi connectivity index (χ2n) is 7.65. The monoisotopic (exact) mass is 396 g/mol. The summed E-state index contributed by atoms with van der Waals surface area (Å²) in [5, 5.41) is 2.97. The van der Waals surface area contributed by atoms with E-state index in [9.17, 15) is 4.79 Å². The van der Waals surface area contributed by atoms with Crippen LogP contribution < -0.4 is 15.1 Å². The van der Waals surface area contributed by atoms with Crippen molar-refractivity contribution in [2.75, 3.05) is 49.2 Å². The first-order valence-corrected chi connectivity index (χ1v) is 10.3. The second-order valence-corrected chi connectivity index (χ2v) is 7.65. The zero-order chi connectivity index (χ0) is 20.2. The standard InChI is InChI=1S/C21H28N6O2/c1-15-5-6-17(16(2)13-15)19(28)22-14-18-23-20(26-7-3-4-8-26)25-21(24-18)27-9-11-29-12-10-27/h5-6,13H,3-4,7-12,14H2,1-2H3,(H,22,28). The molecule has 1 amide bonds. The minimum atomic E-state index is -0.112. The van der Waals surface area contributed by atoms with Crippen molar-refractivity contribution in [3.05, 3.63) is 40.7 Å². The van der Waals surface area contributed by atoms with Crippen molar-refractivity contribution in [3.8, 4) is 0 Å². The van der Waals surface area contributed by atoms with Crippen molar-refractivity contribution in [3.63, 3.8) is 0 Å². The predicted molar refractivity (Wildman–Crippen MR) is 111 cm³/mol. The fourth-order valence-electron chi connectivity index (χ4n) is 3.76. The first-order chi connectivity index (χ1) is 14.1. The number of aromatic nitrogens is 3. The quantitative estimate of drug-likeness (QED) is 0.826. The molecule has 2 saturated heterocycles. The number of hydrogen-bond donors (Lipinski definition) is 1. The van der Waals surface area contributed by atoms with Gasteiger partial charge in [-0.2, -0.15) is 15.0 Å². The number of anilines is 2. The summed E-state index contributed by atoms with van der Waals surface area (Å²) in [5.41, 5.74) is 2.78. The molecule has 8 heteroatoms. The third-order valence-electron chi connectivity index (χ3n) is 5.37. The van der Waals surface area contributed by atoms with E-state index >= 15 is 0 Å². The Labute approximate surface area is 171 Å². The van der Waals surface area contributed by atoms with Gasteiger partial charge in [0, 0.05) is 31.7 Å². The molecule has 0 atom stereocenters. The SMILES string of the molecule is Cc1ccc(C(=O)NCc2nc(N3CCCC3)nc(N3CCOCC3)n2)c(C)c1. The van der Waals surface area contributed by atoms with Gasteiger partial charge in [0.1, 0.15) is 0 Å². The van der Waals surface area contributed by atoms with E-state index in [4.69, 9.17) is 9.72 Å². The summed E-state index contributed by atoms with van der Waals surface area (Å²) in [5.74, 6) is 1.84. The predicted octanol–water partition coefficient (Wildman–Crippen LogP) is 1.86. The van der Waals surface area contributed by atoms with Gasteiger partial charge >= 0.3 is 0 Å². The lowest BCUT2D eigenvalue weighted by atomic mass is 10.1. The molecule has 29 heavy (non-hydrogen) atoms. The first-order valence-electron chi connectivity index (χ1n) is 10.3. The van der Waals surface area contributed by atoms with Gasteiger partial charge in [-0.15, -0.1) is 0 Å². The fourth-order valence-corrected chi connectivity index (χ4v) is 3.76. The highest BCUT2D eigenvalue weighted by atomic mass is 16.5. The van der Waals surface area contributed by atoms with Crippen molar-refractivity contribution in [2.45, 2.75) is 33.2 Å². The Balaban J connectivity index is 1.53. The van der Waals surface area contributed by atoms with Crippen molar-refractivity contribution < 1.29 is 9.53 Å². The molecule has 3 heterocycles. The molecule has 0 aliphatic carbocycles. The van der Waals surface area contributed by atoms with E-state index in [2.05, 4.69) is 25.1 Å². The molecule has 1 N–H and O–H groups in total. The molecule has 2 aliphatic rings. The maximum atomic E-state index is 12.7. The highest BCUT2D eigenvalue weighted by Crippen LogP contribution is 2.19. The summed E-state index contributed by atoms with van der Waals surface area (Å²) in [6, 6.07) is 5.83. The van der Waals surface area contributed by atoms with Gasteiger partial charge in [-0.1, -0.05) is 17.7 Å². The number of carbonyl (C=O) groups is 1. The highest BCUT2D eigenvalue weighted by Gasteiger charge is 2.21. The van der Waals surface area contributed by atoms with Gasteiger partial charge in [-0.3, -0.25) is 4.79 Å². The van der Waals surface area contributed by atoms with Crippen LogP contribution in [0.2, 0.25) is 0 Å². The van der Waals surface area contributed by atoms with Crippen molar-refractivity contribution in [2.24, 2.45) is 0 Å². The molecule has 1 aromatic carbocycles. The van der Waals surface area contributed by atoms with E-state index in [0.717, 1.165) is 50.1 Å². The fraction of sp³-hybridized carbons (Fsp3) is 0.524. The second kappa shape index (κ2) is 8.73. The van der Waals surface area contributed by atoms with Gasteiger partial charge in [-0.05, 0) is 38.3 Å². The van der Waals surface area contributed by atoms with Crippen LogP contribution in [-0.2, 0) is 11.3 Å². The number of ether oxygens (including phenoxy) is 1. The normalized spacial score (nSPS) is 16.9. The van der Waals surface area contributed by atoms with Crippen LogP contribution in [0.1, 0.15) is 40.2 Å². The number of rotatable bonds is 5. The molecule has 0 saturated carbocycles. The van der Waals surface area contributed by atoms with E-state index in [-0.39, 0.29) is 12.5 Å². The van der Waals surface area contributed by atoms with Gasteiger partial charge in [0.2, 0.25) is 11.9 Å². The molecule has 4 rings (SSSR count). The Morgan fingerprint density at radius 3 is 2.31 bits per heavy atom. The molecule has 8 nitrogen and oxygen atoms in total. The van der Waals surface area contributed by atoms with Crippen LogP contribution in [0.5, 0.6) is 0 Å². The van der Waals surface area contributed by atoms with Crippen LogP contribution in [0, 0.1) is 13.8 Å². The Morgan fingerprint density at radius 2 is 1.66 bits per heavy atom. The number of benzene rings is 1. The average molecular weight is 396 g/mol. The Hall–Kier alpha value is -2.74. The molecule has 0 bridgehead atoms. The van der Waals surface area contributed by atoms with Crippen LogP contribution in [0.3, 0.4) is 0 Å². The van der Waals surface area contributed by atoms with Gasteiger partial charge in [-0.25, -0.2) is 0 Å². The minimum absolute atomic E-state index is 0.112. The maximum Gasteiger partial charge on any atom is 0.251 e. The van der Waals surface area contributed by atoms with Crippen molar-refractivity contribution in [1.82, 2.24) is 20.3 Å². The number of amides is 1. The number of nitrogens with one attached hydrogen (secondary N) is 1. The summed E-state index contributed by atoms with van der Waals surface area (Å²) >= 11 is 0. The van der Waals surface area contributed by atoms with Crippen molar-refractivity contribution >= 4 is 17.8 Å². The van der Waals surface area contributed by atoms with Crippen LogP contribution in [0.15, 0.2) is 18.2 Å². The first kappa shape index (κ1) is 19.6. The molecule has 154 valence electrons. The van der Waals surface area contributed by atoms with Crippen LogP contribution >= 0.6 is 0 Å². The van der Waals surface area contributed by atoms with E-state index < -0.39 is 0 Å². The van der Waals surface area contributed by atoms with Crippen LogP contribution in [0.4, 0.5) is 11.9 Å². The van der Waals surface area contributed by atoms with Gasteiger partial charge in [0.15, 0.2) is 5.82 Å². The van der Waals surface area contributed by atoms with Gasteiger partial charge in [0.05, 0.1) is 19.8 Å². The summed E-state index contributed by atoms with van der Waals surface area (Å²) in [7, 11) is 0. The van der Waals surface area contributed by atoms with Crippen LogP contribution in [0.25, 0.3) is 0 Å². The lowest BCUT2D eigenvalue weighted by Gasteiger charge is -2.28. The summed E-state index contributed by atoms with van der Waals surface area (Å²) < 4.78 is 5.45. The third kappa shape index (κ3) is 4.64. The zero-order valence-corrected chi connectivity index (χ0v) is 17.1. The van der Waals surface area contributed by atoms with Crippen molar-refractivity contribution in [1.29, 1.82) is 0 Å². The smallest absolute Gasteiger partial charge is 0.251 e. The number of carbonyl (C=O) groups excluding carboxylic acids is 1. The Morgan fingerprint density at radius 1 is 1.00 bits per heavy atom. The topological polar surface area (TPSA) is 83.5 Å². The Bertz CT molecular complexity index is 875. The Kier molecular flexibility index (Phi) is 5.89.